The predicted molar refractivity (Wildman–Crippen MR) is 53.6 cm³/mol. The molecule has 1 saturated heterocycles. The summed E-state index contributed by atoms with van der Waals surface area (Å²) in [5.41, 5.74) is 1.26. The van der Waals surface area contributed by atoms with Crippen molar-refractivity contribution in [3.63, 3.8) is 0 Å². The summed E-state index contributed by atoms with van der Waals surface area (Å²) >= 11 is 0. The van der Waals surface area contributed by atoms with Crippen molar-refractivity contribution in [2.24, 2.45) is 0 Å². The largest absolute Gasteiger partial charge is 0.348 e. The van der Waals surface area contributed by atoms with Crippen LogP contribution in [0, 0.1) is 0 Å². The highest BCUT2D eigenvalue weighted by Gasteiger charge is 2.29. The lowest BCUT2D eigenvalue weighted by Gasteiger charge is -2.21. The highest BCUT2D eigenvalue weighted by atomic mass is 16.7. The van der Waals surface area contributed by atoms with Crippen LogP contribution in [-0.4, -0.2) is 19.0 Å². The van der Waals surface area contributed by atoms with Gasteiger partial charge in [-0.15, -0.1) is 6.58 Å². The SMILES string of the molecule is C=C(C)CCCCC1(C)OCCO1. The molecule has 0 spiro atoms. The zero-order chi connectivity index (χ0) is 9.73. The molecule has 2 nitrogen and oxygen atoms in total. The molecule has 0 N–H and O–H groups in total. The van der Waals surface area contributed by atoms with Gasteiger partial charge in [-0.05, 0) is 33.1 Å². The first-order valence-electron chi connectivity index (χ1n) is 5.05. The first-order chi connectivity index (χ1) is 6.12. The van der Waals surface area contributed by atoms with Crippen molar-refractivity contribution in [1.29, 1.82) is 0 Å². The van der Waals surface area contributed by atoms with Gasteiger partial charge in [0, 0.05) is 6.42 Å². The van der Waals surface area contributed by atoms with E-state index in [1.807, 2.05) is 6.92 Å². The van der Waals surface area contributed by atoms with E-state index in [0.29, 0.717) is 0 Å². The maximum absolute atomic E-state index is 5.50. The minimum Gasteiger partial charge on any atom is -0.348 e. The highest BCUT2D eigenvalue weighted by Crippen LogP contribution is 2.25. The predicted octanol–water partition coefficient (Wildman–Crippen LogP) is 2.89. The van der Waals surface area contributed by atoms with Crippen LogP contribution in [0.15, 0.2) is 12.2 Å². The third-order valence-corrected chi connectivity index (χ3v) is 2.38. The fourth-order valence-electron chi connectivity index (χ4n) is 1.57. The molecule has 0 saturated carbocycles. The van der Waals surface area contributed by atoms with Crippen molar-refractivity contribution in [1.82, 2.24) is 0 Å². The summed E-state index contributed by atoms with van der Waals surface area (Å²) in [6, 6.07) is 0. The number of unbranched alkanes of at least 4 members (excludes halogenated alkanes) is 1. The molecule has 0 aromatic carbocycles. The molecule has 0 aliphatic carbocycles. The summed E-state index contributed by atoms with van der Waals surface area (Å²) in [5, 5.41) is 0. The molecular formula is C11H20O2. The second-order valence-corrected chi connectivity index (χ2v) is 3.99. The molecule has 0 radical (unpaired) electrons. The number of rotatable bonds is 5. The summed E-state index contributed by atoms with van der Waals surface area (Å²) < 4.78 is 11.0. The monoisotopic (exact) mass is 184 g/mol. The highest BCUT2D eigenvalue weighted by molar-refractivity contribution is 4.87. The van der Waals surface area contributed by atoms with E-state index in [1.165, 1.54) is 12.0 Å². The molecule has 1 aliphatic rings. The summed E-state index contributed by atoms with van der Waals surface area (Å²) in [5.74, 6) is -0.297. The average molecular weight is 184 g/mol. The molecule has 0 aromatic rings. The van der Waals surface area contributed by atoms with Crippen LogP contribution in [0.4, 0.5) is 0 Å². The van der Waals surface area contributed by atoms with Gasteiger partial charge in [-0.25, -0.2) is 0 Å². The molecule has 0 unspecified atom stereocenters. The second-order valence-electron chi connectivity index (χ2n) is 3.99. The van der Waals surface area contributed by atoms with Crippen LogP contribution in [0.3, 0.4) is 0 Å². The van der Waals surface area contributed by atoms with Gasteiger partial charge in [-0.1, -0.05) is 5.57 Å². The van der Waals surface area contributed by atoms with Crippen LogP contribution in [0.5, 0.6) is 0 Å². The Balaban J connectivity index is 2.07. The fourth-order valence-corrected chi connectivity index (χ4v) is 1.57. The Hall–Kier alpha value is -0.340. The number of ether oxygens (including phenoxy) is 2. The van der Waals surface area contributed by atoms with Gasteiger partial charge >= 0.3 is 0 Å². The van der Waals surface area contributed by atoms with E-state index in [4.69, 9.17) is 9.47 Å². The van der Waals surface area contributed by atoms with Gasteiger partial charge in [0.15, 0.2) is 5.79 Å². The lowest BCUT2D eigenvalue weighted by molar-refractivity contribution is -0.147. The molecule has 2 heteroatoms. The topological polar surface area (TPSA) is 18.5 Å². The van der Waals surface area contributed by atoms with Crippen LogP contribution < -0.4 is 0 Å². The van der Waals surface area contributed by atoms with Crippen LogP contribution in [0.2, 0.25) is 0 Å². The summed E-state index contributed by atoms with van der Waals surface area (Å²) in [6.07, 6.45) is 4.47. The van der Waals surface area contributed by atoms with Crippen molar-refractivity contribution < 1.29 is 9.47 Å². The van der Waals surface area contributed by atoms with E-state index in [0.717, 1.165) is 32.5 Å². The first-order valence-corrected chi connectivity index (χ1v) is 5.05. The number of hydrogen-bond acceptors (Lipinski definition) is 2. The Labute approximate surface area is 80.9 Å². The third kappa shape index (κ3) is 3.92. The third-order valence-electron chi connectivity index (χ3n) is 2.38. The molecule has 0 aromatic heterocycles. The van der Waals surface area contributed by atoms with Crippen molar-refractivity contribution in [2.45, 2.75) is 45.3 Å². The molecule has 0 bridgehead atoms. The zero-order valence-electron chi connectivity index (χ0n) is 8.77. The van der Waals surface area contributed by atoms with Crippen LogP contribution in [-0.2, 0) is 9.47 Å². The van der Waals surface area contributed by atoms with Gasteiger partial charge in [0.2, 0.25) is 0 Å². The van der Waals surface area contributed by atoms with E-state index in [1.54, 1.807) is 0 Å². The van der Waals surface area contributed by atoms with Crippen molar-refractivity contribution in [3.8, 4) is 0 Å². The van der Waals surface area contributed by atoms with Gasteiger partial charge in [0.05, 0.1) is 13.2 Å². The van der Waals surface area contributed by atoms with Gasteiger partial charge < -0.3 is 9.47 Å². The zero-order valence-corrected chi connectivity index (χ0v) is 8.77. The second kappa shape index (κ2) is 4.77. The maximum Gasteiger partial charge on any atom is 0.165 e. The molecule has 13 heavy (non-hydrogen) atoms. The van der Waals surface area contributed by atoms with Crippen LogP contribution >= 0.6 is 0 Å². The first kappa shape index (κ1) is 10.7. The Morgan fingerprint density at radius 2 is 1.92 bits per heavy atom. The van der Waals surface area contributed by atoms with Gasteiger partial charge in [-0.2, -0.15) is 0 Å². The minimum atomic E-state index is -0.297. The Kier molecular flexibility index (Phi) is 3.94. The van der Waals surface area contributed by atoms with E-state index in [2.05, 4.69) is 13.5 Å². The summed E-state index contributed by atoms with van der Waals surface area (Å²) in [7, 11) is 0. The Bertz CT molecular complexity index is 169. The smallest absolute Gasteiger partial charge is 0.165 e. The summed E-state index contributed by atoms with van der Waals surface area (Å²) in [4.78, 5) is 0. The Morgan fingerprint density at radius 1 is 1.31 bits per heavy atom. The standard InChI is InChI=1S/C11H20O2/c1-10(2)6-4-5-7-11(3)12-8-9-13-11/h1,4-9H2,2-3H3. The number of hydrogen-bond donors (Lipinski definition) is 0. The lowest BCUT2D eigenvalue weighted by Crippen LogP contribution is -2.24. The molecule has 1 aliphatic heterocycles. The van der Waals surface area contributed by atoms with Crippen molar-refractivity contribution in [2.75, 3.05) is 13.2 Å². The van der Waals surface area contributed by atoms with E-state index in [-0.39, 0.29) is 5.79 Å². The van der Waals surface area contributed by atoms with E-state index >= 15 is 0 Å². The lowest BCUT2D eigenvalue weighted by atomic mass is 10.1. The molecule has 0 amide bonds. The van der Waals surface area contributed by atoms with E-state index in [9.17, 15) is 0 Å². The quantitative estimate of drug-likeness (QED) is 0.483. The van der Waals surface area contributed by atoms with Gasteiger partial charge in [0.25, 0.3) is 0 Å². The van der Waals surface area contributed by atoms with Crippen molar-refractivity contribution in [3.05, 3.63) is 12.2 Å². The average Bonchev–Trinajstić information content (AvgIpc) is 2.47. The molecule has 0 atom stereocenters. The molecule has 76 valence electrons. The maximum atomic E-state index is 5.50. The van der Waals surface area contributed by atoms with Gasteiger partial charge in [0.1, 0.15) is 0 Å². The minimum absolute atomic E-state index is 0.297. The molecule has 1 rings (SSSR count). The Morgan fingerprint density at radius 3 is 2.46 bits per heavy atom. The summed E-state index contributed by atoms with van der Waals surface area (Å²) in [6.45, 7) is 9.48. The molecule has 1 fully saturated rings. The molecule has 1 heterocycles. The fraction of sp³-hybridized carbons (Fsp3) is 0.818. The van der Waals surface area contributed by atoms with Gasteiger partial charge in [-0.3, -0.25) is 0 Å². The normalized spacial score (nSPS) is 20.5. The number of allylic oxidation sites excluding steroid dienone is 1. The molecular weight excluding hydrogens is 164 g/mol. The van der Waals surface area contributed by atoms with Crippen molar-refractivity contribution >= 4 is 0 Å². The van der Waals surface area contributed by atoms with Crippen LogP contribution in [0.1, 0.15) is 39.5 Å². The van der Waals surface area contributed by atoms with E-state index < -0.39 is 0 Å². The van der Waals surface area contributed by atoms with Crippen LogP contribution in [0.25, 0.3) is 0 Å².